The van der Waals surface area contributed by atoms with E-state index in [0.717, 1.165) is 27.6 Å². The van der Waals surface area contributed by atoms with Crippen LogP contribution in [0.15, 0.2) is 48.9 Å². The Morgan fingerprint density at radius 1 is 1.17 bits per heavy atom. The first kappa shape index (κ1) is 16.2. The average molecular weight is 323 g/mol. The highest BCUT2D eigenvalue weighted by Gasteiger charge is 2.20. The maximum absolute atomic E-state index is 12.5. The van der Waals surface area contributed by atoms with Crippen LogP contribution in [0.2, 0.25) is 0 Å². The number of nitrogens with zero attached hydrogens (tertiary/aromatic N) is 2. The maximum Gasteiger partial charge on any atom is 0.419 e. The van der Waals surface area contributed by atoms with Crippen LogP contribution < -0.4 is 5.73 Å². The number of aromatic nitrogens is 2. The van der Waals surface area contributed by atoms with Gasteiger partial charge in [0.05, 0.1) is 5.52 Å². The van der Waals surface area contributed by atoms with E-state index >= 15 is 0 Å². The molecule has 5 nitrogen and oxygen atoms in total. The van der Waals surface area contributed by atoms with E-state index in [1.54, 1.807) is 18.6 Å². The Balaban J connectivity index is 2.13. The van der Waals surface area contributed by atoms with E-state index < -0.39 is 11.7 Å². The largest absolute Gasteiger partial charge is 0.443 e. The summed E-state index contributed by atoms with van der Waals surface area (Å²) in [6.45, 7) is 5.91. The van der Waals surface area contributed by atoms with Gasteiger partial charge in [0.25, 0.3) is 0 Å². The third kappa shape index (κ3) is 3.16. The average Bonchev–Trinajstić information content (AvgIpc) is 2.92. The predicted octanol–water partition coefficient (Wildman–Crippen LogP) is 3.95. The van der Waals surface area contributed by atoms with Crippen LogP contribution in [0, 0.1) is 0 Å². The van der Waals surface area contributed by atoms with Gasteiger partial charge in [-0.15, -0.1) is 0 Å². The molecule has 5 heteroatoms. The second kappa shape index (κ2) is 6.09. The summed E-state index contributed by atoms with van der Waals surface area (Å²) in [5.74, 6) is 0. The van der Waals surface area contributed by atoms with Gasteiger partial charge in [0.2, 0.25) is 0 Å². The smallest absolute Gasteiger partial charge is 0.419 e. The van der Waals surface area contributed by atoms with Crippen LogP contribution in [-0.2, 0) is 11.3 Å². The van der Waals surface area contributed by atoms with Crippen molar-refractivity contribution in [3.63, 3.8) is 0 Å². The van der Waals surface area contributed by atoms with Gasteiger partial charge in [-0.25, -0.2) is 4.79 Å². The standard InChI is InChI=1S/C19H21N3O2/c1-19(2,3)24-18(23)22-12-15(11-20)16-5-4-14(10-17(16)22)13-6-8-21-9-7-13/h4-10,12H,11,20H2,1-3H3. The zero-order chi connectivity index (χ0) is 17.3. The van der Waals surface area contributed by atoms with Crippen molar-refractivity contribution in [2.75, 3.05) is 0 Å². The molecule has 0 unspecified atom stereocenters. The number of hydrogen-bond acceptors (Lipinski definition) is 4. The van der Waals surface area contributed by atoms with Crippen molar-refractivity contribution in [2.45, 2.75) is 32.9 Å². The molecule has 2 aromatic heterocycles. The fourth-order valence-electron chi connectivity index (χ4n) is 2.65. The Hall–Kier alpha value is -2.66. The van der Waals surface area contributed by atoms with Gasteiger partial charge in [-0.1, -0.05) is 12.1 Å². The number of rotatable bonds is 2. The molecule has 3 rings (SSSR count). The summed E-state index contributed by atoms with van der Waals surface area (Å²) < 4.78 is 7.04. The Bertz CT molecular complexity index is 877. The van der Waals surface area contributed by atoms with Crippen LogP contribution in [0.5, 0.6) is 0 Å². The minimum Gasteiger partial charge on any atom is -0.443 e. The molecule has 0 aliphatic rings. The number of fused-ring (bicyclic) bond motifs is 1. The third-order valence-electron chi connectivity index (χ3n) is 3.71. The number of ether oxygens (including phenoxy) is 1. The van der Waals surface area contributed by atoms with E-state index in [-0.39, 0.29) is 0 Å². The van der Waals surface area contributed by atoms with Crippen LogP contribution in [-0.4, -0.2) is 21.2 Å². The lowest BCUT2D eigenvalue weighted by Gasteiger charge is -2.19. The molecule has 0 bridgehead atoms. The van der Waals surface area contributed by atoms with E-state index in [0.29, 0.717) is 6.54 Å². The fourth-order valence-corrected chi connectivity index (χ4v) is 2.65. The molecule has 0 fully saturated rings. The predicted molar refractivity (Wildman–Crippen MR) is 94.7 cm³/mol. The fraction of sp³-hybridized carbons (Fsp3) is 0.263. The maximum atomic E-state index is 12.5. The van der Waals surface area contributed by atoms with Crippen molar-refractivity contribution < 1.29 is 9.53 Å². The second-order valence-corrected chi connectivity index (χ2v) is 6.68. The Kier molecular flexibility index (Phi) is 4.11. The molecule has 3 aromatic rings. The van der Waals surface area contributed by atoms with E-state index in [1.807, 2.05) is 51.1 Å². The molecule has 0 spiro atoms. The Morgan fingerprint density at radius 3 is 2.50 bits per heavy atom. The molecular weight excluding hydrogens is 302 g/mol. The van der Waals surface area contributed by atoms with Crippen LogP contribution >= 0.6 is 0 Å². The lowest BCUT2D eigenvalue weighted by molar-refractivity contribution is 0.0544. The molecule has 0 atom stereocenters. The summed E-state index contributed by atoms with van der Waals surface area (Å²) in [5, 5.41) is 0.959. The SMILES string of the molecule is CC(C)(C)OC(=O)n1cc(CN)c2ccc(-c3ccncc3)cc21. The summed E-state index contributed by atoms with van der Waals surface area (Å²) in [7, 11) is 0. The third-order valence-corrected chi connectivity index (χ3v) is 3.71. The molecule has 0 saturated carbocycles. The monoisotopic (exact) mass is 323 g/mol. The number of hydrogen-bond donors (Lipinski definition) is 1. The van der Waals surface area contributed by atoms with Gasteiger partial charge in [-0.2, -0.15) is 0 Å². The minimum absolute atomic E-state index is 0.362. The zero-order valence-corrected chi connectivity index (χ0v) is 14.1. The van der Waals surface area contributed by atoms with E-state index in [1.165, 1.54) is 4.57 Å². The Morgan fingerprint density at radius 2 is 1.88 bits per heavy atom. The zero-order valence-electron chi connectivity index (χ0n) is 14.1. The van der Waals surface area contributed by atoms with Crippen LogP contribution in [0.4, 0.5) is 4.79 Å². The Labute approximate surface area is 141 Å². The highest BCUT2D eigenvalue weighted by molar-refractivity contribution is 5.94. The second-order valence-electron chi connectivity index (χ2n) is 6.68. The minimum atomic E-state index is -0.556. The number of pyridine rings is 1. The molecule has 0 aliphatic carbocycles. The quantitative estimate of drug-likeness (QED) is 0.775. The highest BCUT2D eigenvalue weighted by atomic mass is 16.6. The normalized spacial score (nSPS) is 11.7. The van der Waals surface area contributed by atoms with E-state index in [9.17, 15) is 4.79 Å². The summed E-state index contributed by atoms with van der Waals surface area (Å²) in [4.78, 5) is 16.6. The molecule has 0 aliphatic heterocycles. The summed E-state index contributed by atoms with van der Waals surface area (Å²) in [5.41, 5.74) is 9.03. The summed E-state index contributed by atoms with van der Waals surface area (Å²) >= 11 is 0. The van der Waals surface area contributed by atoms with Gasteiger partial charge < -0.3 is 10.5 Å². The number of benzene rings is 1. The van der Waals surface area contributed by atoms with Crippen LogP contribution in [0.25, 0.3) is 22.0 Å². The molecule has 2 N–H and O–H groups in total. The molecule has 124 valence electrons. The van der Waals surface area contributed by atoms with Crippen molar-refractivity contribution in [3.05, 3.63) is 54.5 Å². The van der Waals surface area contributed by atoms with Crippen molar-refractivity contribution in [3.8, 4) is 11.1 Å². The number of nitrogens with two attached hydrogens (primary N) is 1. The number of carbonyl (C=O) groups excluding carboxylic acids is 1. The molecule has 2 heterocycles. The first-order valence-electron chi connectivity index (χ1n) is 7.87. The van der Waals surface area contributed by atoms with Crippen molar-refractivity contribution >= 4 is 17.0 Å². The van der Waals surface area contributed by atoms with E-state index in [2.05, 4.69) is 4.98 Å². The molecule has 0 radical (unpaired) electrons. The summed E-state index contributed by atoms with van der Waals surface area (Å²) in [6, 6.07) is 9.87. The molecule has 0 amide bonds. The van der Waals surface area contributed by atoms with Gasteiger partial charge in [0, 0.05) is 30.5 Å². The molecule has 24 heavy (non-hydrogen) atoms. The van der Waals surface area contributed by atoms with Crippen LogP contribution in [0.3, 0.4) is 0 Å². The number of carbonyl (C=O) groups is 1. The molecule has 1 aromatic carbocycles. The first-order valence-corrected chi connectivity index (χ1v) is 7.87. The highest BCUT2D eigenvalue weighted by Crippen LogP contribution is 2.28. The van der Waals surface area contributed by atoms with Gasteiger partial charge in [0.1, 0.15) is 5.60 Å². The molecular formula is C19H21N3O2. The van der Waals surface area contributed by atoms with Crippen molar-refractivity contribution in [1.82, 2.24) is 9.55 Å². The first-order chi connectivity index (χ1) is 11.4. The lowest BCUT2D eigenvalue weighted by atomic mass is 10.0. The topological polar surface area (TPSA) is 70.1 Å². The summed E-state index contributed by atoms with van der Waals surface area (Å²) in [6.07, 6.45) is 4.85. The van der Waals surface area contributed by atoms with Gasteiger partial charge in [-0.05, 0) is 55.7 Å². The van der Waals surface area contributed by atoms with E-state index in [4.69, 9.17) is 10.5 Å². The van der Waals surface area contributed by atoms with Gasteiger partial charge in [0.15, 0.2) is 0 Å². The van der Waals surface area contributed by atoms with Gasteiger partial charge in [-0.3, -0.25) is 9.55 Å². The van der Waals surface area contributed by atoms with Gasteiger partial charge >= 0.3 is 6.09 Å². The molecule has 0 saturated heterocycles. The van der Waals surface area contributed by atoms with Crippen molar-refractivity contribution in [1.29, 1.82) is 0 Å². The lowest BCUT2D eigenvalue weighted by Crippen LogP contribution is -2.26. The van der Waals surface area contributed by atoms with Crippen LogP contribution in [0.1, 0.15) is 26.3 Å². The van der Waals surface area contributed by atoms with Crippen molar-refractivity contribution in [2.24, 2.45) is 5.73 Å².